The van der Waals surface area contributed by atoms with Crippen molar-refractivity contribution in [2.45, 2.75) is 6.61 Å². The summed E-state index contributed by atoms with van der Waals surface area (Å²) in [4.78, 5) is 25.2. The van der Waals surface area contributed by atoms with Gasteiger partial charge in [0.15, 0.2) is 4.32 Å². The molecule has 0 radical (unpaired) electrons. The first-order valence-electron chi connectivity index (χ1n) is 9.62. The van der Waals surface area contributed by atoms with Crippen molar-refractivity contribution in [2.75, 3.05) is 4.90 Å². The van der Waals surface area contributed by atoms with Crippen LogP contribution in [0.25, 0.3) is 6.08 Å². The highest BCUT2D eigenvalue weighted by atomic mass is 79.9. The van der Waals surface area contributed by atoms with Crippen molar-refractivity contribution in [3.05, 3.63) is 102 Å². The van der Waals surface area contributed by atoms with Gasteiger partial charge in [-0.2, -0.15) is 0 Å². The minimum absolute atomic E-state index is 0.0467. The largest absolute Gasteiger partial charge is 0.486 e. The standard InChI is InChI=1S/C23H13Br2FN2O4S2/c24-17-8-13(9-18(25)21(17)32-12-14-4-1-2-7-19(14)26)10-20-22(29)27(23(33)34-20)15-5-3-6-16(11-15)28(30)31/h1-11H,12H2/b20-10+. The Morgan fingerprint density at radius 2 is 1.82 bits per heavy atom. The SMILES string of the molecule is O=C1/C(=C\c2cc(Br)c(OCc3ccccc3F)c(Br)c2)SC(=S)N1c1cccc([N+](=O)[O-])c1. The van der Waals surface area contributed by atoms with E-state index in [0.29, 0.717) is 36.4 Å². The van der Waals surface area contributed by atoms with E-state index in [-0.39, 0.29) is 28.3 Å². The van der Waals surface area contributed by atoms with Crippen LogP contribution in [-0.4, -0.2) is 15.2 Å². The molecule has 0 saturated carbocycles. The normalized spacial score (nSPS) is 14.7. The molecule has 172 valence electrons. The number of hydrogen-bond donors (Lipinski definition) is 0. The second-order valence-corrected chi connectivity index (χ2v) is 10.4. The molecule has 1 heterocycles. The predicted octanol–water partition coefficient (Wildman–Crippen LogP) is 7.24. The van der Waals surface area contributed by atoms with Gasteiger partial charge in [0.25, 0.3) is 11.6 Å². The summed E-state index contributed by atoms with van der Waals surface area (Å²) >= 11 is 13.4. The van der Waals surface area contributed by atoms with Gasteiger partial charge in [0.1, 0.15) is 18.2 Å². The number of thioether (sulfide) groups is 1. The maximum absolute atomic E-state index is 13.9. The van der Waals surface area contributed by atoms with Crippen molar-refractivity contribution >= 4 is 83.5 Å². The van der Waals surface area contributed by atoms with Crippen LogP contribution < -0.4 is 9.64 Å². The first-order chi connectivity index (χ1) is 16.2. The molecular formula is C23H13Br2FN2O4S2. The Morgan fingerprint density at radius 3 is 2.50 bits per heavy atom. The third-order valence-corrected chi connectivity index (χ3v) is 7.22. The Bertz CT molecular complexity index is 1340. The van der Waals surface area contributed by atoms with Gasteiger partial charge in [-0.15, -0.1) is 0 Å². The molecule has 0 N–H and O–H groups in total. The molecular weight excluding hydrogens is 611 g/mol. The third-order valence-electron chi connectivity index (χ3n) is 4.74. The highest BCUT2D eigenvalue weighted by Crippen LogP contribution is 2.40. The molecule has 1 fully saturated rings. The molecule has 34 heavy (non-hydrogen) atoms. The average Bonchev–Trinajstić information content (AvgIpc) is 3.07. The van der Waals surface area contributed by atoms with E-state index in [1.807, 2.05) is 0 Å². The van der Waals surface area contributed by atoms with Gasteiger partial charge >= 0.3 is 0 Å². The fourth-order valence-corrected chi connectivity index (χ4v) is 5.90. The fourth-order valence-electron chi connectivity index (χ4n) is 3.15. The number of nitro groups is 1. The van der Waals surface area contributed by atoms with E-state index in [1.54, 1.807) is 42.5 Å². The van der Waals surface area contributed by atoms with Crippen LogP contribution in [0.4, 0.5) is 15.8 Å². The number of amides is 1. The summed E-state index contributed by atoms with van der Waals surface area (Å²) in [7, 11) is 0. The second-order valence-electron chi connectivity index (χ2n) is 6.99. The van der Waals surface area contributed by atoms with E-state index in [1.165, 1.54) is 29.2 Å². The highest BCUT2D eigenvalue weighted by molar-refractivity contribution is 9.11. The fraction of sp³-hybridized carbons (Fsp3) is 0.0435. The Balaban J connectivity index is 1.56. The molecule has 3 aromatic rings. The van der Waals surface area contributed by atoms with Crippen molar-refractivity contribution in [3.8, 4) is 5.75 Å². The summed E-state index contributed by atoms with van der Waals surface area (Å²) in [5.41, 5.74) is 1.32. The summed E-state index contributed by atoms with van der Waals surface area (Å²) in [6.07, 6.45) is 1.67. The molecule has 0 spiro atoms. The second kappa shape index (κ2) is 10.3. The lowest BCUT2D eigenvalue weighted by Crippen LogP contribution is -2.27. The number of nitrogens with zero attached hydrogens (tertiary/aromatic N) is 2. The van der Waals surface area contributed by atoms with Gasteiger partial charge in [0.2, 0.25) is 0 Å². The zero-order valence-electron chi connectivity index (χ0n) is 17.0. The maximum atomic E-state index is 13.9. The summed E-state index contributed by atoms with van der Waals surface area (Å²) in [5, 5.41) is 11.1. The number of halogens is 3. The van der Waals surface area contributed by atoms with Crippen LogP contribution in [0, 0.1) is 15.9 Å². The molecule has 6 nitrogen and oxygen atoms in total. The van der Waals surface area contributed by atoms with E-state index in [9.17, 15) is 19.3 Å². The Morgan fingerprint density at radius 1 is 1.12 bits per heavy atom. The monoisotopic (exact) mass is 622 g/mol. The molecule has 1 aliphatic rings. The summed E-state index contributed by atoms with van der Waals surface area (Å²) < 4.78 is 21.2. The van der Waals surface area contributed by atoms with Crippen LogP contribution >= 0.6 is 55.8 Å². The number of hydrogen-bond acceptors (Lipinski definition) is 6. The number of non-ortho nitro benzene ring substituents is 1. The zero-order chi connectivity index (χ0) is 24.4. The minimum Gasteiger partial charge on any atom is -0.486 e. The van der Waals surface area contributed by atoms with Gasteiger partial charge in [-0.1, -0.05) is 48.2 Å². The third kappa shape index (κ3) is 5.22. The number of carbonyl (C=O) groups is 1. The minimum atomic E-state index is -0.526. The average molecular weight is 624 g/mol. The van der Waals surface area contributed by atoms with Gasteiger partial charge in [0.05, 0.1) is 24.5 Å². The van der Waals surface area contributed by atoms with E-state index >= 15 is 0 Å². The Hall–Kier alpha value is -2.60. The van der Waals surface area contributed by atoms with Crippen LogP contribution in [-0.2, 0) is 11.4 Å². The van der Waals surface area contributed by atoms with Crippen LogP contribution in [0.15, 0.2) is 74.5 Å². The molecule has 11 heteroatoms. The highest BCUT2D eigenvalue weighted by Gasteiger charge is 2.34. The lowest BCUT2D eigenvalue weighted by molar-refractivity contribution is -0.384. The summed E-state index contributed by atoms with van der Waals surface area (Å²) in [6, 6.07) is 15.6. The Kier molecular flexibility index (Phi) is 7.46. The van der Waals surface area contributed by atoms with Crippen LogP contribution in [0.1, 0.15) is 11.1 Å². The maximum Gasteiger partial charge on any atom is 0.271 e. The molecule has 1 amide bonds. The topological polar surface area (TPSA) is 72.7 Å². The summed E-state index contributed by atoms with van der Waals surface area (Å²) in [6.45, 7) is 0.0467. The molecule has 0 bridgehead atoms. The molecule has 1 saturated heterocycles. The Labute approximate surface area is 220 Å². The number of anilines is 1. The van der Waals surface area contributed by atoms with Crippen molar-refractivity contribution in [3.63, 3.8) is 0 Å². The lowest BCUT2D eigenvalue weighted by atomic mass is 10.2. The van der Waals surface area contributed by atoms with Crippen LogP contribution in [0.2, 0.25) is 0 Å². The van der Waals surface area contributed by atoms with Crippen molar-refractivity contribution < 1.29 is 18.8 Å². The molecule has 3 aromatic carbocycles. The van der Waals surface area contributed by atoms with E-state index in [0.717, 1.165) is 11.8 Å². The predicted molar refractivity (Wildman–Crippen MR) is 141 cm³/mol. The van der Waals surface area contributed by atoms with Crippen molar-refractivity contribution in [1.82, 2.24) is 0 Å². The molecule has 0 aliphatic carbocycles. The zero-order valence-corrected chi connectivity index (χ0v) is 21.8. The van der Waals surface area contributed by atoms with E-state index in [2.05, 4.69) is 31.9 Å². The van der Waals surface area contributed by atoms with Gasteiger partial charge in [-0.25, -0.2) is 4.39 Å². The van der Waals surface area contributed by atoms with Gasteiger partial charge in [0, 0.05) is 17.7 Å². The lowest BCUT2D eigenvalue weighted by Gasteiger charge is -2.14. The van der Waals surface area contributed by atoms with Crippen LogP contribution in [0.5, 0.6) is 5.75 Å². The summed E-state index contributed by atoms with van der Waals surface area (Å²) in [5.74, 6) is -0.232. The number of thiocarbonyl (C=S) groups is 1. The van der Waals surface area contributed by atoms with E-state index in [4.69, 9.17) is 17.0 Å². The van der Waals surface area contributed by atoms with Crippen molar-refractivity contribution in [1.29, 1.82) is 0 Å². The number of nitro benzene ring substituents is 1. The smallest absolute Gasteiger partial charge is 0.271 e. The molecule has 1 aliphatic heterocycles. The molecule has 4 rings (SSSR count). The van der Waals surface area contributed by atoms with Crippen LogP contribution in [0.3, 0.4) is 0 Å². The van der Waals surface area contributed by atoms with E-state index < -0.39 is 4.92 Å². The number of benzene rings is 3. The number of rotatable bonds is 6. The van der Waals surface area contributed by atoms with Gasteiger partial charge < -0.3 is 4.74 Å². The van der Waals surface area contributed by atoms with Crippen molar-refractivity contribution in [2.24, 2.45) is 0 Å². The first-order valence-corrected chi connectivity index (χ1v) is 12.4. The van der Waals surface area contributed by atoms with Gasteiger partial charge in [-0.3, -0.25) is 19.8 Å². The quantitative estimate of drug-likeness (QED) is 0.125. The first kappa shape index (κ1) is 24.5. The number of ether oxygens (including phenoxy) is 1. The number of carbonyl (C=O) groups excluding carboxylic acids is 1. The van der Waals surface area contributed by atoms with Gasteiger partial charge in [-0.05, 0) is 67.8 Å². The molecule has 0 unspecified atom stereocenters. The molecule has 0 aromatic heterocycles. The molecule has 0 atom stereocenters.